The molecule has 5 rings (SSSR count). The summed E-state index contributed by atoms with van der Waals surface area (Å²) < 4.78 is 5.95. The Morgan fingerprint density at radius 2 is 1.58 bits per heavy atom. The van der Waals surface area contributed by atoms with Crippen molar-refractivity contribution in [3.63, 3.8) is 0 Å². The fourth-order valence-corrected chi connectivity index (χ4v) is 11.9. The first-order valence-electron chi connectivity index (χ1n) is 14.4. The molecule has 188 valence electrons. The molecule has 5 saturated carbocycles. The van der Waals surface area contributed by atoms with Crippen LogP contribution < -0.4 is 0 Å². The molecule has 0 bridgehead atoms. The van der Waals surface area contributed by atoms with Crippen molar-refractivity contribution in [2.45, 2.75) is 113 Å². The summed E-state index contributed by atoms with van der Waals surface area (Å²) in [6.45, 7) is 18.6. The fourth-order valence-electron chi connectivity index (χ4n) is 11.9. The van der Waals surface area contributed by atoms with Gasteiger partial charge in [0, 0.05) is 18.9 Å². The molecular weight excluding hydrogens is 404 g/mol. The zero-order chi connectivity index (χ0) is 24.0. The lowest BCUT2D eigenvalue weighted by molar-refractivity contribution is -0.238. The molecule has 0 spiro atoms. The molecule has 9 atom stereocenters. The van der Waals surface area contributed by atoms with Crippen molar-refractivity contribution >= 4 is 5.78 Å². The number of ketones is 1. The summed E-state index contributed by atoms with van der Waals surface area (Å²) in [5.74, 6) is 5.19. The normalized spacial score (nSPS) is 53.2. The van der Waals surface area contributed by atoms with Gasteiger partial charge in [0.2, 0.25) is 0 Å². The minimum absolute atomic E-state index is 0.138. The molecule has 5 aliphatic carbocycles. The van der Waals surface area contributed by atoms with E-state index in [1.807, 2.05) is 7.11 Å². The van der Waals surface area contributed by atoms with Crippen molar-refractivity contribution in [2.75, 3.05) is 13.7 Å². The molecule has 5 unspecified atom stereocenters. The van der Waals surface area contributed by atoms with E-state index < -0.39 is 0 Å². The number of carbonyl (C=O) groups excluding carboxylic acids is 1. The van der Waals surface area contributed by atoms with Crippen molar-refractivity contribution in [3.05, 3.63) is 0 Å². The molecule has 0 heterocycles. The molecule has 2 nitrogen and oxygen atoms in total. The zero-order valence-electron chi connectivity index (χ0n) is 23.1. The predicted molar refractivity (Wildman–Crippen MR) is 136 cm³/mol. The van der Waals surface area contributed by atoms with Crippen LogP contribution in [0.2, 0.25) is 0 Å². The van der Waals surface area contributed by atoms with E-state index in [1.165, 1.54) is 51.4 Å². The average Bonchev–Trinajstić information content (AvgIpc) is 3.12. The van der Waals surface area contributed by atoms with Crippen LogP contribution in [-0.2, 0) is 9.53 Å². The summed E-state index contributed by atoms with van der Waals surface area (Å²) in [5, 5.41) is 0. The summed E-state index contributed by atoms with van der Waals surface area (Å²) in [7, 11) is 1.94. The van der Waals surface area contributed by atoms with Crippen LogP contribution in [0.4, 0.5) is 0 Å². The molecule has 0 saturated heterocycles. The van der Waals surface area contributed by atoms with Crippen molar-refractivity contribution in [1.82, 2.24) is 0 Å². The summed E-state index contributed by atoms with van der Waals surface area (Å²) in [6.07, 6.45) is 12.9. The van der Waals surface area contributed by atoms with Gasteiger partial charge in [-0.05, 0) is 115 Å². The topological polar surface area (TPSA) is 26.3 Å². The SMILES string of the molecule is COC[C@]12CCC(C(C)C)C1C1CCC3[C@@]4(C)CCC(=O)C(C)(C)C4CC[C@@]3(C)[C@]1(C)CC2. The molecule has 5 aliphatic rings. The minimum Gasteiger partial charge on any atom is -0.384 e. The average molecular weight is 457 g/mol. The maximum absolute atomic E-state index is 13.0. The van der Waals surface area contributed by atoms with Crippen molar-refractivity contribution in [2.24, 2.45) is 62.6 Å². The molecule has 0 aliphatic heterocycles. The zero-order valence-corrected chi connectivity index (χ0v) is 23.1. The van der Waals surface area contributed by atoms with Gasteiger partial charge >= 0.3 is 0 Å². The third-order valence-corrected chi connectivity index (χ3v) is 13.7. The van der Waals surface area contributed by atoms with Gasteiger partial charge in [-0.1, -0.05) is 48.5 Å². The second-order valence-corrected chi connectivity index (χ2v) is 15.1. The van der Waals surface area contributed by atoms with Crippen LogP contribution >= 0.6 is 0 Å². The van der Waals surface area contributed by atoms with E-state index in [1.54, 1.807) is 0 Å². The van der Waals surface area contributed by atoms with Crippen LogP contribution in [0.3, 0.4) is 0 Å². The molecule has 0 aromatic rings. The van der Waals surface area contributed by atoms with Crippen LogP contribution in [0.15, 0.2) is 0 Å². The minimum atomic E-state index is -0.138. The van der Waals surface area contributed by atoms with Crippen LogP contribution in [0, 0.1) is 62.6 Å². The lowest BCUT2D eigenvalue weighted by atomic mass is 9.32. The number of methoxy groups -OCH3 is 1. The van der Waals surface area contributed by atoms with Gasteiger partial charge in [0.05, 0.1) is 6.61 Å². The first-order chi connectivity index (χ1) is 15.4. The third kappa shape index (κ3) is 2.97. The number of Topliss-reactive ketones (excluding diaryl/α,β-unsaturated/α-hetero) is 1. The standard InChI is InChI=1S/C31H52O2/c1-20(2)21-11-16-31(19-33-8)18-17-29(6)22(26(21)31)9-10-24-28(5)14-13-25(32)27(3,4)23(28)12-15-30(24,29)7/h20-24,26H,9-19H2,1-8H3/t21?,22?,23?,24?,26?,28-,29+,30+,31+/m0/s1. The maximum Gasteiger partial charge on any atom is 0.138 e. The first kappa shape index (κ1) is 24.3. The van der Waals surface area contributed by atoms with Crippen LogP contribution in [0.25, 0.3) is 0 Å². The van der Waals surface area contributed by atoms with E-state index in [0.29, 0.717) is 33.4 Å². The van der Waals surface area contributed by atoms with Gasteiger partial charge in [0.15, 0.2) is 0 Å². The van der Waals surface area contributed by atoms with Crippen LogP contribution in [-0.4, -0.2) is 19.5 Å². The van der Waals surface area contributed by atoms with Gasteiger partial charge < -0.3 is 4.74 Å². The quantitative estimate of drug-likeness (QED) is 0.431. The first-order valence-corrected chi connectivity index (χ1v) is 14.4. The van der Waals surface area contributed by atoms with E-state index in [-0.39, 0.29) is 5.41 Å². The Morgan fingerprint density at radius 3 is 2.24 bits per heavy atom. The molecule has 2 heteroatoms. The molecule has 0 aromatic heterocycles. The molecule has 33 heavy (non-hydrogen) atoms. The predicted octanol–water partition coefficient (Wildman–Crippen LogP) is 7.94. The van der Waals surface area contributed by atoms with Crippen LogP contribution in [0.5, 0.6) is 0 Å². The van der Waals surface area contributed by atoms with Gasteiger partial charge in [-0.3, -0.25) is 4.79 Å². The molecule has 0 radical (unpaired) electrons. The molecular formula is C31H52O2. The summed E-state index contributed by atoms with van der Waals surface area (Å²) >= 11 is 0. The second-order valence-electron chi connectivity index (χ2n) is 15.1. The maximum atomic E-state index is 13.0. The number of rotatable bonds is 3. The highest BCUT2D eigenvalue weighted by Crippen LogP contribution is 2.77. The molecule has 0 N–H and O–H groups in total. The Hall–Kier alpha value is -0.370. The Kier molecular flexibility index (Phi) is 5.58. The molecule has 0 aromatic carbocycles. The van der Waals surface area contributed by atoms with Gasteiger partial charge in [-0.2, -0.15) is 0 Å². The number of carbonyl (C=O) groups is 1. The lowest BCUT2D eigenvalue weighted by Crippen LogP contribution is -2.66. The number of fused-ring (bicyclic) bond motifs is 7. The highest BCUT2D eigenvalue weighted by Gasteiger charge is 2.70. The molecule has 0 amide bonds. The fraction of sp³-hybridized carbons (Fsp3) is 0.968. The Balaban J connectivity index is 1.54. The highest BCUT2D eigenvalue weighted by atomic mass is 16.5. The second kappa shape index (κ2) is 7.57. The summed E-state index contributed by atoms with van der Waals surface area (Å²) in [6, 6.07) is 0. The van der Waals surface area contributed by atoms with Gasteiger partial charge in [-0.25, -0.2) is 0 Å². The van der Waals surface area contributed by atoms with Crippen molar-refractivity contribution < 1.29 is 9.53 Å². The van der Waals surface area contributed by atoms with Crippen molar-refractivity contribution in [1.29, 1.82) is 0 Å². The van der Waals surface area contributed by atoms with Gasteiger partial charge in [0.25, 0.3) is 0 Å². The Labute approximate surface area is 204 Å². The number of ether oxygens (including phenoxy) is 1. The van der Waals surface area contributed by atoms with Crippen LogP contribution in [0.1, 0.15) is 113 Å². The van der Waals surface area contributed by atoms with E-state index in [2.05, 4.69) is 48.5 Å². The van der Waals surface area contributed by atoms with E-state index in [4.69, 9.17) is 4.74 Å². The van der Waals surface area contributed by atoms with Gasteiger partial charge in [0.1, 0.15) is 5.78 Å². The monoisotopic (exact) mass is 456 g/mol. The smallest absolute Gasteiger partial charge is 0.138 e. The highest BCUT2D eigenvalue weighted by molar-refractivity contribution is 5.85. The van der Waals surface area contributed by atoms with Crippen molar-refractivity contribution in [3.8, 4) is 0 Å². The lowest BCUT2D eigenvalue weighted by Gasteiger charge is -2.72. The molecule has 5 fully saturated rings. The van der Waals surface area contributed by atoms with E-state index in [0.717, 1.165) is 49.0 Å². The number of hydrogen-bond acceptors (Lipinski definition) is 2. The Morgan fingerprint density at radius 1 is 0.848 bits per heavy atom. The van der Waals surface area contributed by atoms with E-state index >= 15 is 0 Å². The number of hydrogen-bond donors (Lipinski definition) is 0. The Bertz CT molecular complexity index is 799. The largest absolute Gasteiger partial charge is 0.384 e. The van der Waals surface area contributed by atoms with E-state index in [9.17, 15) is 4.79 Å². The summed E-state index contributed by atoms with van der Waals surface area (Å²) in [4.78, 5) is 13.0. The summed E-state index contributed by atoms with van der Waals surface area (Å²) in [5.41, 5.74) is 1.44. The van der Waals surface area contributed by atoms with Gasteiger partial charge in [-0.15, -0.1) is 0 Å². The third-order valence-electron chi connectivity index (χ3n) is 13.7.